The van der Waals surface area contributed by atoms with Crippen LogP contribution in [0.2, 0.25) is 0 Å². The van der Waals surface area contributed by atoms with E-state index in [0.717, 1.165) is 12.1 Å². The highest BCUT2D eigenvalue weighted by molar-refractivity contribution is 14.1. The Bertz CT molecular complexity index is 1400. The van der Waals surface area contributed by atoms with Gasteiger partial charge in [0.1, 0.15) is 0 Å². The molecular weight excluding hydrogens is 736 g/mol. The minimum atomic E-state index is -5.01. The second kappa shape index (κ2) is 13.1. The maximum absolute atomic E-state index is 13.7. The smallest absolute Gasteiger partial charge is 0.416 e. The number of carbonyl (C=O) groups excluding carboxylic acids is 1. The number of anilines is 1. The molecule has 0 bridgehead atoms. The summed E-state index contributed by atoms with van der Waals surface area (Å²) >= 11 is 1.96. The van der Waals surface area contributed by atoms with Crippen LogP contribution in [-0.4, -0.2) is 41.3 Å². The van der Waals surface area contributed by atoms with Crippen molar-refractivity contribution < 1.29 is 53.8 Å². The van der Waals surface area contributed by atoms with Crippen molar-refractivity contribution in [3.63, 3.8) is 0 Å². The highest BCUT2D eigenvalue weighted by Gasteiger charge is 2.42. The molecule has 2 heterocycles. The molecule has 6 nitrogen and oxygen atoms in total. The summed E-state index contributed by atoms with van der Waals surface area (Å²) in [6.07, 6.45) is -15.0. The largest absolute Gasteiger partial charge is 0.465 e. The predicted molar refractivity (Wildman–Crippen MR) is 155 cm³/mol. The predicted octanol–water partition coefficient (Wildman–Crippen LogP) is 8.71. The molecule has 2 aromatic carbocycles. The van der Waals surface area contributed by atoms with Crippen molar-refractivity contribution >= 4 is 40.4 Å². The lowest BCUT2D eigenvalue weighted by molar-refractivity contribution is -0.143. The van der Waals surface area contributed by atoms with Gasteiger partial charge in [-0.25, -0.2) is 9.79 Å². The van der Waals surface area contributed by atoms with E-state index >= 15 is 0 Å². The Morgan fingerprint density at radius 1 is 1.00 bits per heavy atom. The number of aliphatic imine (C=N–C) groups is 1. The molecule has 45 heavy (non-hydrogen) atoms. The number of alkyl halides is 10. The minimum absolute atomic E-state index is 0.00570. The SMILES string of the molecule is CCOC(=O)N1c2ccc(C(F)(F)F)cc2[C@@H](N=C2NC(CI)(Cc3cc(C(F)(F)F)cc(C(F)(F)F)c3)CCO2)C[C@H]1CC. The third-order valence-corrected chi connectivity index (χ3v) is 9.14. The van der Waals surface area contributed by atoms with E-state index in [0.29, 0.717) is 18.6 Å². The Morgan fingerprint density at radius 2 is 1.62 bits per heavy atom. The Hall–Kier alpha value is -2.92. The first-order valence-corrected chi connectivity index (χ1v) is 15.4. The highest BCUT2D eigenvalue weighted by Crippen LogP contribution is 2.44. The average molecular weight is 765 g/mol. The molecule has 1 fully saturated rings. The first kappa shape index (κ1) is 34.9. The summed E-state index contributed by atoms with van der Waals surface area (Å²) in [5.74, 6) is 0. The molecule has 0 aliphatic carbocycles. The van der Waals surface area contributed by atoms with Crippen LogP contribution in [0.5, 0.6) is 0 Å². The summed E-state index contributed by atoms with van der Waals surface area (Å²) in [5.41, 5.74) is -4.88. The summed E-state index contributed by atoms with van der Waals surface area (Å²) in [5, 5.41) is 3.02. The molecular formula is C29H29F9IN3O3. The molecule has 1 amide bonds. The van der Waals surface area contributed by atoms with Gasteiger partial charge in [-0.2, -0.15) is 39.5 Å². The van der Waals surface area contributed by atoms with E-state index in [1.165, 1.54) is 11.0 Å². The van der Waals surface area contributed by atoms with Crippen molar-refractivity contribution in [2.45, 2.75) is 75.7 Å². The van der Waals surface area contributed by atoms with Crippen molar-refractivity contribution in [1.82, 2.24) is 5.32 Å². The zero-order chi connectivity index (χ0) is 33.4. The molecule has 2 aromatic rings. The number of hydrogen-bond donors (Lipinski definition) is 1. The van der Waals surface area contributed by atoms with Crippen LogP contribution in [0.15, 0.2) is 41.4 Å². The lowest BCUT2D eigenvalue weighted by Crippen LogP contribution is -2.56. The zero-order valence-corrected chi connectivity index (χ0v) is 26.1. The summed E-state index contributed by atoms with van der Waals surface area (Å²) in [6, 6.07) is 2.78. The minimum Gasteiger partial charge on any atom is -0.465 e. The van der Waals surface area contributed by atoms with Gasteiger partial charge >= 0.3 is 24.6 Å². The molecule has 0 radical (unpaired) electrons. The third-order valence-electron chi connectivity index (χ3n) is 7.68. The number of nitrogens with zero attached hydrogens (tertiary/aromatic N) is 2. The molecule has 1 N–H and O–H groups in total. The number of halogens is 10. The number of carbonyl (C=O) groups is 1. The molecule has 0 aromatic heterocycles. The van der Waals surface area contributed by atoms with Crippen molar-refractivity contribution in [3.8, 4) is 0 Å². The van der Waals surface area contributed by atoms with Gasteiger partial charge in [0.05, 0.1) is 47.2 Å². The van der Waals surface area contributed by atoms with Crippen LogP contribution in [0.3, 0.4) is 0 Å². The van der Waals surface area contributed by atoms with Crippen LogP contribution in [0.25, 0.3) is 0 Å². The fourth-order valence-electron chi connectivity index (χ4n) is 5.49. The molecule has 4 rings (SSSR count). The molecule has 2 aliphatic heterocycles. The number of ether oxygens (including phenoxy) is 2. The number of hydrogen-bond acceptors (Lipinski definition) is 4. The lowest BCUT2D eigenvalue weighted by Gasteiger charge is -2.41. The van der Waals surface area contributed by atoms with Gasteiger partial charge < -0.3 is 14.8 Å². The maximum Gasteiger partial charge on any atom is 0.416 e. The molecule has 1 unspecified atom stereocenters. The second-order valence-corrected chi connectivity index (χ2v) is 11.6. The van der Waals surface area contributed by atoms with E-state index in [2.05, 4.69) is 10.3 Å². The average Bonchev–Trinajstić information content (AvgIpc) is 2.95. The number of nitrogens with one attached hydrogen (secondary N) is 1. The summed E-state index contributed by atoms with van der Waals surface area (Å²) in [7, 11) is 0. The molecule has 0 spiro atoms. The molecule has 248 valence electrons. The first-order valence-electron chi connectivity index (χ1n) is 13.9. The number of benzene rings is 2. The van der Waals surface area contributed by atoms with Crippen LogP contribution in [0.1, 0.15) is 67.0 Å². The fourth-order valence-corrected chi connectivity index (χ4v) is 6.33. The molecule has 16 heteroatoms. The molecule has 1 saturated heterocycles. The highest BCUT2D eigenvalue weighted by atomic mass is 127. The van der Waals surface area contributed by atoms with Crippen molar-refractivity contribution in [1.29, 1.82) is 0 Å². The van der Waals surface area contributed by atoms with Crippen LogP contribution in [0, 0.1) is 0 Å². The van der Waals surface area contributed by atoms with Gasteiger partial charge in [0, 0.05) is 22.5 Å². The van der Waals surface area contributed by atoms with E-state index in [1.807, 2.05) is 22.6 Å². The monoisotopic (exact) mass is 765 g/mol. The topological polar surface area (TPSA) is 63.2 Å². The first-order chi connectivity index (χ1) is 20.9. The second-order valence-electron chi connectivity index (χ2n) is 10.8. The van der Waals surface area contributed by atoms with E-state index in [-0.39, 0.29) is 65.8 Å². The fraction of sp³-hybridized carbons (Fsp3) is 0.517. The van der Waals surface area contributed by atoms with Gasteiger partial charge in [-0.3, -0.25) is 4.90 Å². The van der Waals surface area contributed by atoms with E-state index < -0.39 is 58.9 Å². The van der Waals surface area contributed by atoms with E-state index in [9.17, 15) is 44.3 Å². The standard InChI is InChI=1S/C29H29F9IN3O3/c1-3-20-13-22(21-12-17(27(30,31)32)5-6-23(21)42(20)25(43)44-4-2)40-24-41-26(15-39,7-8-45-24)14-16-9-18(28(33,34)35)11-19(10-16)29(36,37)38/h5-6,9-12,20,22H,3-4,7-8,13-15H2,1-2H3,(H,40,41)/t20-,22+,26?/m1/s1. The van der Waals surface area contributed by atoms with Gasteiger partial charge in [-0.05, 0) is 68.1 Å². The number of fused-ring (bicyclic) bond motifs is 1. The van der Waals surface area contributed by atoms with Gasteiger partial charge in [-0.15, -0.1) is 0 Å². The lowest BCUT2D eigenvalue weighted by atomic mass is 9.87. The Morgan fingerprint density at radius 3 is 2.16 bits per heavy atom. The van der Waals surface area contributed by atoms with Crippen LogP contribution >= 0.6 is 22.6 Å². The van der Waals surface area contributed by atoms with E-state index in [4.69, 9.17) is 9.47 Å². The quantitative estimate of drug-likeness (QED) is 0.182. The van der Waals surface area contributed by atoms with E-state index in [1.54, 1.807) is 13.8 Å². The van der Waals surface area contributed by atoms with Crippen molar-refractivity contribution in [3.05, 3.63) is 64.2 Å². The van der Waals surface area contributed by atoms with Crippen LogP contribution < -0.4 is 10.2 Å². The number of amidine groups is 1. The van der Waals surface area contributed by atoms with Crippen LogP contribution in [0.4, 0.5) is 50.0 Å². The summed E-state index contributed by atoms with van der Waals surface area (Å²) in [6.45, 7) is 3.42. The maximum atomic E-state index is 13.7. The van der Waals surface area contributed by atoms with Gasteiger partial charge in [0.2, 0.25) is 0 Å². The van der Waals surface area contributed by atoms with Crippen LogP contribution in [-0.2, 0) is 34.4 Å². The third kappa shape index (κ3) is 7.91. The Labute approximate surface area is 266 Å². The Kier molecular flexibility index (Phi) is 10.1. The number of rotatable bonds is 6. The summed E-state index contributed by atoms with van der Waals surface area (Å²) in [4.78, 5) is 18.7. The normalized spacial score (nSPS) is 23.3. The van der Waals surface area contributed by atoms with Crippen molar-refractivity contribution in [2.75, 3.05) is 22.5 Å². The molecule has 0 saturated carbocycles. The Balaban J connectivity index is 1.73. The number of amides is 1. The summed E-state index contributed by atoms with van der Waals surface area (Å²) < 4.78 is 133. The molecule has 3 atom stereocenters. The van der Waals surface area contributed by atoms with Gasteiger partial charge in [-0.1, -0.05) is 29.5 Å². The van der Waals surface area contributed by atoms with Crippen molar-refractivity contribution in [2.24, 2.45) is 4.99 Å². The zero-order valence-electron chi connectivity index (χ0n) is 24.0. The van der Waals surface area contributed by atoms with Gasteiger partial charge in [0.15, 0.2) is 0 Å². The van der Waals surface area contributed by atoms with Gasteiger partial charge in [0.25, 0.3) is 6.02 Å². The molecule has 2 aliphatic rings.